The van der Waals surface area contributed by atoms with E-state index in [0.717, 1.165) is 0 Å². The minimum atomic E-state index is -4.27. The van der Waals surface area contributed by atoms with Crippen LogP contribution in [0.1, 0.15) is 12.8 Å². The smallest absolute Gasteiger partial charge is 0.385 e. The predicted octanol–water partition coefficient (Wildman–Crippen LogP) is 1.30. The van der Waals surface area contributed by atoms with E-state index in [9.17, 15) is 13.2 Å². The van der Waals surface area contributed by atoms with Gasteiger partial charge in [0.25, 0.3) is 0 Å². The summed E-state index contributed by atoms with van der Waals surface area (Å²) in [7, 11) is 1.44. The lowest BCUT2D eigenvalue weighted by Crippen LogP contribution is -2.37. The van der Waals surface area contributed by atoms with Crippen LogP contribution in [0.25, 0.3) is 0 Å². The molecule has 0 aliphatic carbocycles. The Bertz CT molecular complexity index is 104. The third-order valence-electron chi connectivity index (χ3n) is 1.28. The standard InChI is InChI=1S/C6H12F3NO/c1-11-4-2-3-5(10)6(7,8)9/h5H,2-4,10H2,1H3. The van der Waals surface area contributed by atoms with E-state index < -0.39 is 12.2 Å². The summed E-state index contributed by atoms with van der Waals surface area (Å²) in [6, 6.07) is -1.71. The van der Waals surface area contributed by atoms with Gasteiger partial charge in [-0.1, -0.05) is 0 Å². The van der Waals surface area contributed by atoms with Gasteiger partial charge in [-0.05, 0) is 12.8 Å². The molecular weight excluding hydrogens is 159 g/mol. The summed E-state index contributed by atoms with van der Waals surface area (Å²) in [5.74, 6) is 0. The lowest BCUT2D eigenvalue weighted by Gasteiger charge is -2.14. The lowest BCUT2D eigenvalue weighted by molar-refractivity contribution is -0.149. The van der Waals surface area contributed by atoms with Crippen LogP contribution in [0.2, 0.25) is 0 Å². The second-order valence-corrected chi connectivity index (χ2v) is 2.28. The first-order valence-corrected chi connectivity index (χ1v) is 3.29. The molecule has 11 heavy (non-hydrogen) atoms. The molecular formula is C6H12F3NO. The molecule has 0 fully saturated rings. The first kappa shape index (κ1) is 10.7. The summed E-state index contributed by atoms with van der Waals surface area (Å²) < 4.78 is 39.7. The van der Waals surface area contributed by atoms with E-state index in [-0.39, 0.29) is 6.42 Å². The summed E-state index contributed by atoms with van der Waals surface area (Å²) in [6.07, 6.45) is -4.00. The summed E-state index contributed by atoms with van der Waals surface area (Å²) in [6.45, 7) is 0.323. The van der Waals surface area contributed by atoms with E-state index in [1.807, 2.05) is 0 Å². The average Bonchev–Trinajstić information content (AvgIpc) is 1.86. The fourth-order valence-corrected chi connectivity index (χ4v) is 0.611. The molecule has 0 aromatic heterocycles. The molecule has 1 atom stereocenters. The van der Waals surface area contributed by atoms with Crippen LogP contribution in [0.5, 0.6) is 0 Å². The van der Waals surface area contributed by atoms with Crippen LogP contribution in [0.4, 0.5) is 13.2 Å². The second kappa shape index (κ2) is 4.56. The summed E-state index contributed by atoms with van der Waals surface area (Å²) in [5.41, 5.74) is 4.81. The molecule has 0 radical (unpaired) electrons. The Morgan fingerprint density at radius 3 is 2.36 bits per heavy atom. The molecule has 0 aliphatic rings. The fourth-order valence-electron chi connectivity index (χ4n) is 0.611. The number of nitrogens with two attached hydrogens (primary N) is 1. The highest BCUT2D eigenvalue weighted by Gasteiger charge is 2.35. The Labute approximate surface area is 63.5 Å². The molecule has 0 spiro atoms. The van der Waals surface area contributed by atoms with Gasteiger partial charge in [0.15, 0.2) is 0 Å². The van der Waals surface area contributed by atoms with Crippen LogP contribution in [0.3, 0.4) is 0 Å². The van der Waals surface area contributed by atoms with Crippen molar-refractivity contribution in [3.05, 3.63) is 0 Å². The Morgan fingerprint density at radius 2 is 2.00 bits per heavy atom. The van der Waals surface area contributed by atoms with Crippen molar-refractivity contribution in [1.29, 1.82) is 0 Å². The molecule has 0 aromatic carbocycles. The second-order valence-electron chi connectivity index (χ2n) is 2.28. The maximum Gasteiger partial charge on any atom is 0.403 e. The molecule has 1 unspecified atom stereocenters. The normalized spacial score (nSPS) is 15.0. The lowest BCUT2D eigenvalue weighted by atomic mass is 10.2. The molecule has 68 valence electrons. The third-order valence-corrected chi connectivity index (χ3v) is 1.28. The highest BCUT2D eigenvalue weighted by atomic mass is 19.4. The van der Waals surface area contributed by atoms with E-state index in [4.69, 9.17) is 5.73 Å². The molecule has 0 aromatic rings. The molecule has 0 rings (SSSR count). The molecule has 5 heteroatoms. The summed E-state index contributed by atoms with van der Waals surface area (Å²) >= 11 is 0. The number of rotatable bonds is 4. The van der Waals surface area contributed by atoms with E-state index in [2.05, 4.69) is 4.74 Å². The molecule has 0 amide bonds. The zero-order chi connectivity index (χ0) is 8.91. The van der Waals surface area contributed by atoms with Crippen LogP contribution in [-0.2, 0) is 4.74 Å². The molecule has 0 saturated carbocycles. The van der Waals surface area contributed by atoms with Crippen molar-refractivity contribution in [3.8, 4) is 0 Å². The highest BCUT2D eigenvalue weighted by Crippen LogP contribution is 2.21. The van der Waals surface area contributed by atoms with Gasteiger partial charge in [-0.25, -0.2) is 0 Å². The maximum atomic E-state index is 11.7. The zero-order valence-electron chi connectivity index (χ0n) is 6.32. The first-order valence-electron chi connectivity index (χ1n) is 3.29. The summed E-state index contributed by atoms with van der Waals surface area (Å²) in [4.78, 5) is 0. The zero-order valence-corrected chi connectivity index (χ0v) is 6.32. The number of halogens is 3. The van der Waals surface area contributed by atoms with Crippen LogP contribution in [0.15, 0.2) is 0 Å². The van der Waals surface area contributed by atoms with Gasteiger partial charge in [0.05, 0.1) is 0 Å². The van der Waals surface area contributed by atoms with Crippen molar-refractivity contribution in [3.63, 3.8) is 0 Å². The average molecular weight is 171 g/mol. The number of hydrogen-bond acceptors (Lipinski definition) is 2. The minimum absolute atomic E-state index is 0.0721. The van der Waals surface area contributed by atoms with Crippen LogP contribution in [-0.4, -0.2) is 25.9 Å². The fraction of sp³-hybridized carbons (Fsp3) is 1.00. The summed E-state index contributed by atoms with van der Waals surface area (Å²) in [5, 5.41) is 0. The van der Waals surface area contributed by atoms with Crippen molar-refractivity contribution < 1.29 is 17.9 Å². The van der Waals surface area contributed by atoms with Gasteiger partial charge in [0.1, 0.15) is 6.04 Å². The van der Waals surface area contributed by atoms with Crippen molar-refractivity contribution >= 4 is 0 Å². The Morgan fingerprint density at radius 1 is 1.45 bits per heavy atom. The Kier molecular flexibility index (Phi) is 4.44. The largest absolute Gasteiger partial charge is 0.403 e. The van der Waals surface area contributed by atoms with E-state index in [1.54, 1.807) is 0 Å². The van der Waals surface area contributed by atoms with E-state index in [0.29, 0.717) is 13.0 Å². The van der Waals surface area contributed by atoms with Crippen molar-refractivity contribution in [2.45, 2.75) is 25.1 Å². The molecule has 0 bridgehead atoms. The number of ether oxygens (including phenoxy) is 1. The topological polar surface area (TPSA) is 35.2 Å². The van der Waals surface area contributed by atoms with Crippen molar-refractivity contribution in [2.24, 2.45) is 5.73 Å². The number of alkyl halides is 3. The highest BCUT2D eigenvalue weighted by molar-refractivity contribution is 4.69. The number of hydrogen-bond donors (Lipinski definition) is 1. The minimum Gasteiger partial charge on any atom is -0.385 e. The van der Waals surface area contributed by atoms with Gasteiger partial charge in [-0.15, -0.1) is 0 Å². The van der Waals surface area contributed by atoms with Gasteiger partial charge in [0.2, 0.25) is 0 Å². The Balaban J connectivity index is 3.44. The molecule has 0 aliphatic heterocycles. The maximum absolute atomic E-state index is 11.7. The monoisotopic (exact) mass is 171 g/mol. The molecule has 0 saturated heterocycles. The van der Waals surface area contributed by atoms with Crippen LogP contribution < -0.4 is 5.73 Å². The van der Waals surface area contributed by atoms with Gasteiger partial charge in [-0.3, -0.25) is 0 Å². The van der Waals surface area contributed by atoms with Crippen LogP contribution in [0, 0.1) is 0 Å². The van der Waals surface area contributed by atoms with Gasteiger partial charge in [0, 0.05) is 13.7 Å². The van der Waals surface area contributed by atoms with E-state index in [1.165, 1.54) is 7.11 Å². The van der Waals surface area contributed by atoms with Crippen molar-refractivity contribution in [2.75, 3.05) is 13.7 Å². The SMILES string of the molecule is COCCCC(N)C(F)(F)F. The van der Waals surface area contributed by atoms with Gasteiger partial charge in [-0.2, -0.15) is 13.2 Å². The number of methoxy groups -OCH3 is 1. The molecule has 0 heterocycles. The van der Waals surface area contributed by atoms with Gasteiger partial charge >= 0.3 is 6.18 Å². The van der Waals surface area contributed by atoms with Crippen LogP contribution >= 0.6 is 0 Å². The van der Waals surface area contributed by atoms with Gasteiger partial charge < -0.3 is 10.5 Å². The molecule has 2 nitrogen and oxygen atoms in total. The molecule has 2 N–H and O–H groups in total. The predicted molar refractivity (Wildman–Crippen MR) is 35.1 cm³/mol. The van der Waals surface area contributed by atoms with E-state index >= 15 is 0 Å². The quantitative estimate of drug-likeness (QED) is 0.647. The Hall–Kier alpha value is -0.290. The third kappa shape index (κ3) is 5.03. The van der Waals surface area contributed by atoms with Crippen molar-refractivity contribution in [1.82, 2.24) is 0 Å². The first-order chi connectivity index (χ1) is 4.98.